The Balaban J connectivity index is 1.40. The van der Waals surface area contributed by atoms with Crippen LogP contribution >= 0.6 is 11.8 Å². The van der Waals surface area contributed by atoms with E-state index in [9.17, 15) is 9.59 Å². The Hall–Kier alpha value is -1.68. The van der Waals surface area contributed by atoms with Gasteiger partial charge in [-0.2, -0.15) is 0 Å². The van der Waals surface area contributed by atoms with Gasteiger partial charge < -0.3 is 10.2 Å². The van der Waals surface area contributed by atoms with Crippen molar-refractivity contribution in [3.8, 4) is 0 Å². The van der Waals surface area contributed by atoms with Gasteiger partial charge in [0.05, 0.1) is 18.3 Å². The molecule has 0 spiro atoms. The van der Waals surface area contributed by atoms with Crippen molar-refractivity contribution >= 4 is 23.6 Å². The molecule has 3 rings (SSSR count). The third kappa shape index (κ3) is 5.65. The summed E-state index contributed by atoms with van der Waals surface area (Å²) >= 11 is 1.42. The molecular weight excluding hydrogens is 366 g/mol. The average Bonchev–Trinajstić information content (AvgIpc) is 3.36. The van der Waals surface area contributed by atoms with Crippen LogP contribution in [0.1, 0.15) is 45.1 Å². The Kier molecular flexibility index (Phi) is 7.45. The number of aromatic nitrogens is 4. The number of nitrogens with zero attached hydrogens (tertiary/aromatic N) is 6. The van der Waals surface area contributed by atoms with Crippen LogP contribution in [0.4, 0.5) is 0 Å². The zero-order valence-electron chi connectivity index (χ0n) is 16.0. The molecule has 9 nitrogen and oxygen atoms in total. The number of thioether (sulfide) groups is 1. The Morgan fingerprint density at radius 2 is 1.93 bits per heavy atom. The minimum atomic E-state index is 0.0610. The van der Waals surface area contributed by atoms with Gasteiger partial charge >= 0.3 is 0 Å². The number of amides is 2. The van der Waals surface area contributed by atoms with E-state index in [1.165, 1.54) is 24.6 Å². The maximum absolute atomic E-state index is 12.5. The van der Waals surface area contributed by atoms with Crippen LogP contribution in [0.25, 0.3) is 0 Å². The number of hydrogen-bond acceptors (Lipinski definition) is 7. The summed E-state index contributed by atoms with van der Waals surface area (Å²) in [6.45, 7) is 5.95. The van der Waals surface area contributed by atoms with E-state index in [-0.39, 0.29) is 11.8 Å². The molecule has 1 aromatic heterocycles. The van der Waals surface area contributed by atoms with Gasteiger partial charge in [-0.3, -0.25) is 14.5 Å². The van der Waals surface area contributed by atoms with Crippen LogP contribution in [0.2, 0.25) is 0 Å². The molecule has 27 heavy (non-hydrogen) atoms. The molecule has 1 saturated heterocycles. The zero-order chi connectivity index (χ0) is 19.1. The summed E-state index contributed by atoms with van der Waals surface area (Å²) in [6.07, 6.45) is 5.60. The third-order valence-electron chi connectivity index (χ3n) is 5.12. The van der Waals surface area contributed by atoms with Crippen molar-refractivity contribution in [1.29, 1.82) is 0 Å². The molecule has 0 bridgehead atoms. The van der Waals surface area contributed by atoms with E-state index < -0.39 is 0 Å². The summed E-state index contributed by atoms with van der Waals surface area (Å²) < 4.78 is 1.89. The summed E-state index contributed by atoms with van der Waals surface area (Å²) in [4.78, 5) is 28.3. The second-order valence-electron chi connectivity index (χ2n) is 7.14. The van der Waals surface area contributed by atoms with Crippen molar-refractivity contribution in [3.63, 3.8) is 0 Å². The van der Waals surface area contributed by atoms with Gasteiger partial charge in [0, 0.05) is 32.7 Å². The number of tetrazole rings is 1. The van der Waals surface area contributed by atoms with Crippen LogP contribution in [0.5, 0.6) is 0 Å². The first kappa shape index (κ1) is 20.1. The fourth-order valence-corrected chi connectivity index (χ4v) is 4.40. The summed E-state index contributed by atoms with van der Waals surface area (Å²) in [7, 11) is 0. The average molecular weight is 396 g/mol. The number of piperazine rings is 1. The highest BCUT2D eigenvalue weighted by atomic mass is 32.2. The summed E-state index contributed by atoms with van der Waals surface area (Å²) in [5, 5.41) is 15.6. The molecule has 1 aliphatic heterocycles. The van der Waals surface area contributed by atoms with Crippen LogP contribution in [-0.4, -0.2) is 86.8 Å². The van der Waals surface area contributed by atoms with Crippen molar-refractivity contribution in [2.75, 3.05) is 45.0 Å². The normalized spacial score (nSPS) is 18.8. The Bertz CT molecular complexity index is 625. The molecule has 2 heterocycles. The van der Waals surface area contributed by atoms with E-state index in [0.717, 1.165) is 44.1 Å². The van der Waals surface area contributed by atoms with Crippen LogP contribution in [-0.2, 0) is 9.59 Å². The maximum atomic E-state index is 12.5. The summed E-state index contributed by atoms with van der Waals surface area (Å²) in [5.41, 5.74) is 0. The monoisotopic (exact) mass is 395 g/mol. The van der Waals surface area contributed by atoms with Crippen LogP contribution in [0.15, 0.2) is 5.16 Å². The third-order valence-corrected chi connectivity index (χ3v) is 6.04. The van der Waals surface area contributed by atoms with Gasteiger partial charge in [-0.05, 0) is 29.7 Å². The molecule has 2 aliphatic rings. The Morgan fingerprint density at radius 1 is 1.19 bits per heavy atom. The minimum Gasteiger partial charge on any atom is -0.355 e. The standard InChI is InChI=1S/C17H29N7O2S/c1-2-7-18-15(25)12-22-8-10-23(11-9-22)16(26)13-27-17-19-20-21-24(17)14-5-3-4-6-14/h14H,2-13H2,1H3,(H,18,25). The first-order valence-electron chi connectivity index (χ1n) is 9.85. The second-order valence-corrected chi connectivity index (χ2v) is 8.08. The predicted molar refractivity (Wildman–Crippen MR) is 102 cm³/mol. The summed E-state index contributed by atoms with van der Waals surface area (Å²) in [6, 6.07) is 0.375. The van der Waals surface area contributed by atoms with Crippen molar-refractivity contribution in [2.24, 2.45) is 0 Å². The van der Waals surface area contributed by atoms with E-state index >= 15 is 0 Å². The van der Waals surface area contributed by atoms with Crippen LogP contribution in [0.3, 0.4) is 0 Å². The highest BCUT2D eigenvalue weighted by molar-refractivity contribution is 7.99. The molecule has 1 saturated carbocycles. The maximum Gasteiger partial charge on any atom is 0.234 e. The fraction of sp³-hybridized carbons (Fsp3) is 0.824. The van der Waals surface area contributed by atoms with Crippen molar-refractivity contribution in [2.45, 2.75) is 50.2 Å². The van der Waals surface area contributed by atoms with E-state index in [2.05, 4.69) is 25.7 Å². The Morgan fingerprint density at radius 3 is 2.63 bits per heavy atom. The second kappa shape index (κ2) is 10.0. The van der Waals surface area contributed by atoms with Gasteiger partial charge in [-0.15, -0.1) is 5.10 Å². The molecule has 0 aromatic carbocycles. The zero-order valence-corrected chi connectivity index (χ0v) is 16.8. The lowest BCUT2D eigenvalue weighted by atomic mass is 10.3. The predicted octanol–water partition coefficient (Wildman–Crippen LogP) is 0.551. The molecule has 2 fully saturated rings. The summed E-state index contributed by atoms with van der Waals surface area (Å²) in [5.74, 6) is 0.520. The van der Waals surface area contributed by atoms with Gasteiger partial charge in [-0.25, -0.2) is 4.68 Å². The molecule has 0 atom stereocenters. The smallest absolute Gasteiger partial charge is 0.234 e. The molecule has 150 valence electrons. The van der Waals surface area contributed by atoms with Gasteiger partial charge in [0.15, 0.2) is 0 Å². The molecule has 1 aromatic rings. The fourth-order valence-electron chi connectivity index (χ4n) is 3.55. The van der Waals surface area contributed by atoms with E-state index in [4.69, 9.17) is 0 Å². The molecule has 0 radical (unpaired) electrons. The quantitative estimate of drug-likeness (QED) is 0.642. The lowest BCUT2D eigenvalue weighted by Crippen LogP contribution is -2.51. The largest absolute Gasteiger partial charge is 0.355 e. The highest BCUT2D eigenvalue weighted by Gasteiger charge is 2.25. The SMILES string of the molecule is CCCNC(=O)CN1CCN(C(=O)CSc2nnnn2C2CCCC2)CC1. The number of hydrogen-bond donors (Lipinski definition) is 1. The Labute approximate surface area is 164 Å². The van der Waals surface area contributed by atoms with Crippen molar-refractivity contribution in [3.05, 3.63) is 0 Å². The topological polar surface area (TPSA) is 96.2 Å². The molecular formula is C17H29N7O2S. The molecule has 10 heteroatoms. The van der Waals surface area contributed by atoms with Gasteiger partial charge in [0.1, 0.15) is 0 Å². The van der Waals surface area contributed by atoms with E-state index in [1.54, 1.807) is 0 Å². The highest BCUT2D eigenvalue weighted by Crippen LogP contribution is 2.31. The van der Waals surface area contributed by atoms with Crippen molar-refractivity contribution in [1.82, 2.24) is 35.3 Å². The number of nitrogens with one attached hydrogen (secondary N) is 1. The van der Waals surface area contributed by atoms with Gasteiger partial charge in [0.25, 0.3) is 0 Å². The van der Waals surface area contributed by atoms with E-state index in [0.29, 0.717) is 31.4 Å². The number of rotatable bonds is 8. The number of carbonyl (C=O) groups excluding carboxylic acids is 2. The minimum absolute atomic E-state index is 0.0610. The van der Waals surface area contributed by atoms with Gasteiger partial charge in [0.2, 0.25) is 17.0 Å². The molecule has 2 amide bonds. The molecule has 0 unspecified atom stereocenters. The first-order valence-corrected chi connectivity index (χ1v) is 10.8. The van der Waals surface area contributed by atoms with E-state index in [1.807, 2.05) is 16.5 Å². The first-order chi connectivity index (χ1) is 13.2. The lowest BCUT2D eigenvalue weighted by molar-refractivity contribution is -0.130. The van der Waals surface area contributed by atoms with Crippen LogP contribution < -0.4 is 5.32 Å². The van der Waals surface area contributed by atoms with Crippen molar-refractivity contribution < 1.29 is 9.59 Å². The molecule has 1 N–H and O–H groups in total. The van der Waals surface area contributed by atoms with Gasteiger partial charge in [-0.1, -0.05) is 31.5 Å². The van der Waals surface area contributed by atoms with Crippen LogP contribution in [0, 0.1) is 0 Å². The number of carbonyl (C=O) groups is 2. The molecule has 1 aliphatic carbocycles. The lowest BCUT2D eigenvalue weighted by Gasteiger charge is -2.34.